The van der Waals surface area contributed by atoms with Crippen LogP contribution >= 0.6 is 0 Å². The zero-order valence-electron chi connectivity index (χ0n) is 15.9. The summed E-state index contributed by atoms with van der Waals surface area (Å²) >= 11 is 0. The van der Waals surface area contributed by atoms with E-state index in [1.54, 1.807) is 36.6 Å². The maximum absolute atomic E-state index is 13.7. The lowest BCUT2D eigenvalue weighted by molar-refractivity contribution is -0.0499. The number of fused-ring (bicyclic) bond motifs is 2. The molecule has 3 heterocycles. The molecule has 1 saturated carbocycles. The number of hydrogen-bond donors (Lipinski definition) is 2. The van der Waals surface area contributed by atoms with Crippen molar-refractivity contribution in [1.29, 1.82) is 0 Å². The highest BCUT2D eigenvalue weighted by Crippen LogP contribution is 2.45. The van der Waals surface area contributed by atoms with Gasteiger partial charge in [-0.1, -0.05) is 0 Å². The van der Waals surface area contributed by atoms with Gasteiger partial charge in [0.05, 0.1) is 22.9 Å². The van der Waals surface area contributed by atoms with Crippen molar-refractivity contribution in [2.75, 3.05) is 0 Å². The highest BCUT2D eigenvalue weighted by atomic mass is 19.3. The Hall–Kier alpha value is -3.00. The summed E-state index contributed by atoms with van der Waals surface area (Å²) in [6.45, 7) is 3.52. The van der Waals surface area contributed by atoms with Gasteiger partial charge < -0.3 is 19.2 Å². The summed E-state index contributed by atoms with van der Waals surface area (Å²) in [5.41, 5.74) is 1.42. The van der Waals surface area contributed by atoms with Crippen molar-refractivity contribution in [3.63, 3.8) is 0 Å². The van der Waals surface area contributed by atoms with Crippen LogP contribution in [0.3, 0.4) is 0 Å². The fourth-order valence-electron chi connectivity index (χ4n) is 4.34. The highest BCUT2D eigenvalue weighted by Gasteiger charge is 2.40. The minimum absolute atomic E-state index is 0.0181. The number of nitrogens with zero attached hydrogens (tertiary/aromatic N) is 3. The molecular formula is C21H19F2N3O3. The summed E-state index contributed by atoms with van der Waals surface area (Å²) in [4.78, 5) is 0. The van der Waals surface area contributed by atoms with Crippen LogP contribution in [0.5, 0.6) is 5.75 Å². The standard InChI is InChI=1S/C21H19F2N3O3/c1-10-5-16-12(3-4-29-16)18(27)17(10)15-6-13-14(19(22)23)9-26(20(13)25-24-15)11-7-21(2,28)8-11/h3-6,9,11,19,27-28H,7-8H2,1-2H3. The fourth-order valence-corrected chi connectivity index (χ4v) is 4.34. The number of furan rings is 1. The lowest BCUT2D eigenvalue weighted by Gasteiger charge is -2.41. The second kappa shape index (κ2) is 6.00. The molecule has 0 atom stereocenters. The molecule has 6 nitrogen and oxygen atoms in total. The first-order valence-electron chi connectivity index (χ1n) is 9.34. The minimum atomic E-state index is -2.68. The van der Waals surface area contributed by atoms with E-state index in [1.165, 1.54) is 12.5 Å². The summed E-state index contributed by atoms with van der Waals surface area (Å²) in [7, 11) is 0. The van der Waals surface area contributed by atoms with Crippen LogP contribution in [0.2, 0.25) is 0 Å². The molecule has 0 unspecified atom stereocenters. The average molecular weight is 399 g/mol. The molecule has 0 amide bonds. The largest absolute Gasteiger partial charge is 0.506 e. The van der Waals surface area contributed by atoms with Gasteiger partial charge in [0.2, 0.25) is 0 Å². The predicted octanol–water partition coefficient (Wildman–Crippen LogP) is 4.88. The van der Waals surface area contributed by atoms with Gasteiger partial charge in [0.15, 0.2) is 5.65 Å². The number of aromatic nitrogens is 3. The third-order valence-electron chi connectivity index (χ3n) is 5.77. The summed E-state index contributed by atoms with van der Waals surface area (Å²) in [5.74, 6) is -0.0181. The molecule has 29 heavy (non-hydrogen) atoms. The van der Waals surface area contributed by atoms with Crippen molar-refractivity contribution < 1.29 is 23.4 Å². The lowest BCUT2D eigenvalue weighted by atomic mass is 9.77. The van der Waals surface area contributed by atoms with E-state index < -0.39 is 12.0 Å². The van der Waals surface area contributed by atoms with Crippen LogP contribution in [0.4, 0.5) is 8.78 Å². The second-order valence-corrected chi connectivity index (χ2v) is 8.07. The SMILES string of the molecule is Cc1cc2occc2c(O)c1-c1cc2c(C(F)F)cn(C3CC(C)(O)C3)c2nn1. The molecule has 0 saturated heterocycles. The molecule has 150 valence electrons. The number of hydrogen-bond acceptors (Lipinski definition) is 5. The predicted molar refractivity (Wildman–Crippen MR) is 103 cm³/mol. The number of benzene rings is 1. The number of aliphatic hydroxyl groups is 1. The zero-order valence-corrected chi connectivity index (χ0v) is 15.9. The Morgan fingerprint density at radius 3 is 2.69 bits per heavy atom. The third kappa shape index (κ3) is 2.70. The lowest BCUT2D eigenvalue weighted by Crippen LogP contribution is -2.41. The molecule has 5 rings (SSSR count). The number of rotatable bonds is 3. The fraction of sp³-hybridized carbons (Fsp3) is 0.333. The Morgan fingerprint density at radius 1 is 1.24 bits per heavy atom. The van der Waals surface area contributed by atoms with Gasteiger partial charge in [-0.2, -0.15) is 0 Å². The first-order valence-corrected chi connectivity index (χ1v) is 9.34. The van der Waals surface area contributed by atoms with Crippen LogP contribution in [0.25, 0.3) is 33.3 Å². The molecule has 1 aromatic carbocycles. The van der Waals surface area contributed by atoms with E-state index in [4.69, 9.17) is 4.42 Å². The van der Waals surface area contributed by atoms with Crippen molar-refractivity contribution in [2.45, 2.75) is 44.8 Å². The molecule has 1 aliphatic carbocycles. The van der Waals surface area contributed by atoms with Crippen LogP contribution in [-0.4, -0.2) is 30.6 Å². The van der Waals surface area contributed by atoms with Gasteiger partial charge in [0.1, 0.15) is 11.3 Å². The maximum atomic E-state index is 13.7. The maximum Gasteiger partial charge on any atom is 0.265 e. The van der Waals surface area contributed by atoms with Crippen molar-refractivity contribution in [3.8, 4) is 17.0 Å². The third-order valence-corrected chi connectivity index (χ3v) is 5.77. The Bertz CT molecular complexity index is 1250. The normalized spacial score (nSPS) is 21.9. The number of alkyl halides is 2. The Kier molecular flexibility index (Phi) is 3.73. The molecule has 0 spiro atoms. The van der Waals surface area contributed by atoms with Crippen molar-refractivity contribution in [1.82, 2.24) is 14.8 Å². The van der Waals surface area contributed by atoms with Gasteiger partial charge in [0, 0.05) is 28.8 Å². The smallest absolute Gasteiger partial charge is 0.265 e. The van der Waals surface area contributed by atoms with E-state index in [-0.39, 0.29) is 17.4 Å². The Labute approximate surface area is 164 Å². The van der Waals surface area contributed by atoms with E-state index in [0.29, 0.717) is 51.7 Å². The van der Waals surface area contributed by atoms with Gasteiger partial charge >= 0.3 is 0 Å². The van der Waals surface area contributed by atoms with Gasteiger partial charge in [-0.05, 0) is 50.5 Å². The van der Waals surface area contributed by atoms with Crippen molar-refractivity contribution in [2.24, 2.45) is 0 Å². The van der Waals surface area contributed by atoms with Gasteiger partial charge in [-0.25, -0.2) is 8.78 Å². The molecule has 8 heteroatoms. The van der Waals surface area contributed by atoms with Crippen LogP contribution in [0.1, 0.15) is 43.4 Å². The van der Waals surface area contributed by atoms with E-state index in [2.05, 4.69) is 10.2 Å². The number of aromatic hydroxyl groups is 1. The molecule has 2 N–H and O–H groups in total. The number of phenols is 1. The number of aryl methyl sites for hydroxylation is 1. The first-order chi connectivity index (χ1) is 13.7. The van der Waals surface area contributed by atoms with Crippen molar-refractivity contribution >= 4 is 22.0 Å². The van der Waals surface area contributed by atoms with E-state index in [9.17, 15) is 19.0 Å². The molecular weight excluding hydrogens is 380 g/mol. The van der Waals surface area contributed by atoms with E-state index in [0.717, 1.165) is 0 Å². The number of halogens is 2. The molecule has 1 aliphatic rings. The van der Waals surface area contributed by atoms with E-state index >= 15 is 0 Å². The summed E-state index contributed by atoms with van der Waals surface area (Å²) in [6.07, 6.45) is 1.15. The van der Waals surface area contributed by atoms with Crippen molar-refractivity contribution in [3.05, 3.63) is 41.8 Å². The van der Waals surface area contributed by atoms with Crippen LogP contribution in [0, 0.1) is 6.92 Å². The zero-order chi connectivity index (χ0) is 20.5. The Morgan fingerprint density at radius 2 is 2.00 bits per heavy atom. The quantitative estimate of drug-likeness (QED) is 0.513. The first kappa shape index (κ1) is 18.1. The topological polar surface area (TPSA) is 84.3 Å². The van der Waals surface area contributed by atoms with Gasteiger partial charge in [-0.15, -0.1) is 10.2 Å². The summed E-state index contributed by atoms with van der Waals surface area (Å²) < 4.78 is 34.5. The summed E-state index contributed by atoms with van der Waals surface area (Å²) in [5, 5.41) is 30.0. The van der Waals surface area contributed by atoms with E-state index in [1.807, 2.05) is 0 Å². The molecule has 3 aromatic heterocycles. The Balaban J connectivity index is 1.69. The molecule has 1 fully saturated rings. The monoisotopic (exact) mass is 399 g/mol. The average Bonchev–Trinajstić information content (AvgIpc) is 3.23. The van der Waals surface area contributed by atoms with Crippen LogP contribution < -0.4 is 0 Å². The van der Waals surface area contributed by atoms with Gasteiger partial charge in [-0.3, -0.25) is 0 Å². The molecule has 0 aliphatic heterocycles. The highest BCUT2D eigenvalue weighted by molar-refractivity contribution is 5.94. The number of phenolic OH excluding ortho intramolecular Hbond substituents is 1. The van der Waals surface area contributed by atoms with Crippen LogP contribution in [-0.2, 0) is 0 Å². The molecule has 4 aromatic rings. The minimum Gasteiger partial charge on any atom is -0.506 e. The second-order valence-electron chi connectivity index (χ2n) is 8.07. The van der Waals surface area contributed by atoms with Crippen LogP contribution in [0.15, 0.2) is 35.1 Å². The van der Waals surface area contributed by atoms with Gasteiger partial charge in [0.25, 0.3) is 6.43 Å². The molecule has 0 bridgehead atoms. The molecule has 0 radical (unpaired) electrons. The summed E-state index contributed by atoms with van der Waals surface area (Å²) in [6, 6.07) is 4.86.